The number of nitrogens with zero attached hydrogens (tertiary/aromatic N) is 1. The Morgan fingerprint density at radius 1 is 0.938 bits per heavy atom. The first-order chi connectivity index (χ1) is 15.5. The molecule has 1 heterocycles. The zero-order valence-electron chi connectivity index (χ0n) is 18.0. The molecule has 0 spiro atoms. The maximum atomic E-state index is 13.2. The first kappa shape index (κ1) is 21.2. The van der Waals surface area contributed by atoms with Crippen LogP contribution in [0.4, 0.5) is 5.69 Å². The molecule has 0 aliphatic rings. The molecular weight excluding hydrogens is 404 g/mol. The Balaban J connectivity index is 1.65. The lowest BCUT2D eigenvalue weighted by Gasteiger charge is -2.23. The summed E-state index contributed by atoms with van der Waals surface area (Å²) < 4.78 is 10.9. The Morgan fingerprint density at radius 3 is 2.50 bits per heavy atom. The molecule has 162 valence electrons. The Hall–Kier alpha value is -4.06. The molecule has 0 unspecified atom stereocenters. The molecule has 4 aromatic rings. The second-order valence-electron chi connectivity index (χ2n) is 7.50. The van der Waals surface area contributed by atoms with Crippen LogP contribution in [0.1, 0.15) is 11.1 Å². The predicted octanol–water partition coefficient (Wildman–Crippen LogP) is 4.46. The average molecular weight is 428 g/mol. The van der Waals surface area contributed by atoms with E-state index in [4.69, 9.17) is 9.47 Å². The highest BCUT2D eigenvalue weighted by Crippen LogP contribution is 2.22. The number of benzene rings is 3. The number of hydrogen-bond acceptors (Lipinski definition) is 4. The van der Waals surface area contributed by atoms with Gasteiger partial charge in [-0.3, -0.25) is 9.59 Å². The molecule has 0 atom stereocenters. The molecule has 1 amide bonds. The van der Waals surface area contributed by atoms with E-state index >= 15 is 0 Å². The first-order valence-electron chi connectivity index (χ1n) is 10.3. The largest absolute Gasteiger partial charge is 0.497 e. The maximum absolute atomic E-state index is 13.2. The summed E-state index contributed by atoms with van der Waals surface area (Å²) in [6.45, 7) is 1.95. The number of hydrogen-bond donors (Lipinski definition) is 1. The number of fused-ring (bicyclic) bond motifs is 1. The summed E-state index contributed by atoms with van der Waals surface area (Å²) in [6.07, 6.45) is 0. The fourth-order valence-electron chi connectivity index (χ4n) is 3.50. The number of ether oxygens (including phenoxy) is 2. The van der Waals surface area contributed by atoms with Crippen LogP contribution in [0, 0.1) is 6.92 Å². The van der Waals surface area contributed by atoms with E-state index in [1.807, 2.05) is 67.6 Å². The van der Waals surface area contributed by atoms with E-state index in [1.165, 1.54) is 0 Å². The van der Waals surface area contributed by atoms with E-state index in [9.17, 15) is 9.59 Å². The summed E-state index contributed by atoms with van der Waals surface area (Å²) in [4.78, 5) is 30.4. The number of rotatable bonds is 7. The number of aromatic nitrogens is 1. The van der Waals surface area contributed by atoms with Crippen LogP contribution >= 0.6 is 0 Å². The molecular formula is C26H24N2O4. The van der Waals surface area contributed by atoms with Crippen molar-refractivity contribution in [1.29, 1.82) is 0 Å². The van der Waals surface area contributed by atoms with Crippen LogP contribution in [0.5, 0.6) is 11.5 Å². The maximum Gasteiger partial charge on any atom is 0.265 e. The molecule has 6 heteroatoms. The quantitative estimate of drug-likeness (QED) is 0.472. The van der Waals surface area contributed by atoms with E-state index in [0.29, 0.717) is 28.3 Å². The van der Waals surface area contributed by atoms with Crippen molar-refractivity contribution in [2.75, 3.05) is 18.6 Å². The molecule has 1 N–H and O–H groups in total. The van der Waals surface area contributed by atoms with E-state index in [-0.39, 0.29) is 24.6 Å². The summed E-state index contributed by atoms with van der Waals surface area (Å²) in [6, 6.07) is 24.1. The highest BCUT2D eigenvalue weighted by atomic mass is 16.5. The molecule has 32 heavy (non-hydrogen) atoms. The van der Waals surface area contributed by atoms with Crippen molar-refractivity contribution in [2.24, 2.45) is 0 Å². The van der Waals surface area contributed by atoms with Crippen molar-refractivity contribution in [3.05, 3.63) is 100 Å². The topological polar surface area (TPSA) is 71.6 Å². The fourth-order valence-corrected chi connectivity index (χ4v) is 3.50. The molecule has 0 saturated heterocycles. The number of methoxy groups -OCH3 is 1. The van der Waals surface area contributed by atoms with E-state index in [2.05, 4.69) is 4.98 Å². The van der Waals surface area contributed by atoms with Crippen molar-refractivity contribution < 1.29 is 14.3 Å². The second-order valence-corrected chi connectivity index (χ2v) is 7.50. The molecule has 6 nitrogen and oxygen atoms in total. The SMILES string of the molecule is COc1ccc2cc(CN(C(=O)COc3ccccc3)c3cccc(C)c3)c(=O)[nH]c2c1. The number of anilines is 1. The van der Waals surface area contributed by atoms with Gasteiger partial charge in [0.2, 0.25) is 0 Å². The lowest BCUT2D eigenvalue weighted by Crippen LogP contribution is -2.36. The molecule has 0 saturated carbocycles. The monoisotopic (exact) mass is 428 g/mol. The van der Waals surface area contributed by atoms with Gasteiger partial charge in [-0.25, -0.2) is 0 Å². The van der Waals surface area contributed by atoms with Crippen LogP contribution in [0.2, 0.25) is 0 Å². The van der Waals surface area contributed by atoms with Gasteiger partial charge in [0.1, 0.15) is 11.5 Å². The van der Waals surface area contributed by atoms with Gasteiger partial charge in [-0.05, 0) is 60.3 Å². The lowest BCUT2D eigenvalue weighted by atomic mass is 10.1. The first-order valence-corrected chi connectivity index (χ1v) is 10.3. The van der Waals surface area contributed by atoms with Crippen molar-refractivity contribution in [3.63, 3.8) is 0 Å². The molecule has 3 aromatic carbocycles. The zero-order valence-corrected chi connectivity index (χ0v) is 18.0. The van der Waals surface area contributed by atoms with E-state index < -0.39 is 0 Å². The molecule has 0 aliphatic carbocycles. The third-order valence-electron chi connectivity index (χ3n) is 5.18. The summed E-state index contributed by atoms with van der Waals surface area (Å²) in [7, 11) is 1.58. The third kappa shape index (κ3) is 4.81. The van der Waals surface area contributed by atoms with Crippen LogP contribution in [0.15, 0.2) is 83.7 Å². The number of aryl methyl sites for hydroxylation is 1. The second kappa shape index (κ2) is 9.39. The number of para-hydroxylation sites is 1. The van der Waals surface area contributed by atoms with Crippen LogP contribution in [0.25, 0.3) is 10.9 Å². The van der Waals surface area contributed by atoms with Crippen LogP contribution in [0.3, 0.4) is 0 Å². The number of carbonyl (C=O) groups is 1. The van der Waals surface area contributed by atoms with Gasteiger partial charge in [0, 0.05) is 17.3 Å². The van der Waals surface area contributed by atoms with Gasteiger partial charge < -0.3 is 19.4 Å². The lowest BCUT2D eigenvalue weighted by molar-refractivity contribution is -0.120. The van der Waals surface area contributed by atoms with Gasteiger partial charge in [0.15, 0.2) is 6.61 Å². The summed E-state index contributed by atoms with van der Waals surface area (Å²) in [5, 5.41) is 0.859. The summed E-state index contributed by atoms with van der Waals surface area (Å²) >= 11 is 0. The van der Waals surface area contributed by atoms with Crippen LogP contribution in [-0.4, -0.2) is 24.6 Å². The van der Waals surface area contributed by atoms with Gasteiger partial charge in [0.05, 0.1) is 19.2 Å². The Kier molecular flexibility index (Phi) is 6.22. The van der Waals surface area contributed by atoms with Crippen molar-refractivity contribution in [2.45, 2.75) is 13.5 Å². The van der Waals surface area contributed by atoms with Crippen molar-refractivity contribution in [3.8, 4) is 11.5 Å². The van der Waals surface area contributed by atoms with Crippen molar-refractivity contribution >= 4 is 22.5 Å². The molecule has 0 fully saturated rings. The number of carbonyl (C=O) groups excluding carboxylic acids is 1. The molecule has 1 aromatic heterocycles. The minimum Gasteiger partial charge on any atom is -0.497 e. The molecule has 0 bridgehead atoms. The smallest absolute Gasteiger partial charge is 0.265 e. The minimum atomic E-state index is -0.250. The number of pyridine rings is 1. The number of H-pyrrole nitrogens is 1. The van der Waals surface area contributed by atoms with Gasteiger partial charge in [-0.1, -0.05) is 30.3 Å². The van der Waals surface area contributed by atoms with Gasteiger partial charge in [-0.2, -0.15) is 0 Å². The van der Waals surface area contributed by atoms with Gasteiger partial charge >= 0.3 is 0 Å². The molecule has 4 rings (SSSR count). The van der Waals surface area contributed by atoms with Crippen molar-refractivity contribution in [1.82, 2.24) is 4.98 Å². The van der Waals surface area contributed by atoms with E-state index in [1.54, 1.807) is 30.2 Å². The molecule has 0 radical (unpaired) electrons. The normalized spacial score (nSPS) is 10.7. The van der Waals surface area contributed by atoms with Gasteiger partial charge in [-0.15, -0.1) is 0 Å². The van der Waals surface area contributed by atoms with Gasteiger partial charge in [0.25, 0.3) is 11.5 Å². The Labute approximate surface area is 186 Å². The highest BCUT2D eigenvalue weighted by molar-refractivity contribution is 5.94. The van der Waals surface area contributed by atoms with E-state index in [0.717, 1.165) is 10.9 Å². The summed E-state index contributed by atoms with van der Waals surface area (Å²) in [5.41, 5.74) is 2.64. The Bertz CT molecular complexity index is 1300. The Morgan fingerprint density at radius 2 is 1.75 bits per heavy atom. The number of amides is 1. The predicted molar refractivity (Wildman–Crippen MR) is 125 cm³/mol. The molecule has 0 aliphatic heterocycles. The third-order valence-corrected chi connectivity index (χ3v) is 5.18. The minimum absolute atomic E-state index is 0.123. The number of aromatic amines is 1. The standard InChI is InChI=1S/C26H24N2O4/c1-18-7-6-8-21(13-18)28(25(29)17-32-22-9-4-3-5-10-22)16-20-14-19-11-12-23(31-2)15-24(19)27-26(20)30/h3-15H,16-17H2,1-2H3,(H,27,30). The highest BCUT2D eigenvalue weighted by Gasteiger charge is 2.19. The summed E-state index contributed by atoms with van der Waals surface area (Å²) in [5.74, 6) is 1.03. The zero-order chi connectivity index (χ0) is 22.5. The average Bonchev–Trinajstić information content (AvgIpc) is 2.81. The van der Waals surface area contributed by atoms with Crippen LogP contribution < -0.4 is 19.9 Å². The number of nitrogens with one attached hydrogen (secondary N) is 1. The van der Waals surface area contributed by atoms with Crippen LogP contribution in [-0.2, 0) is 11.3 Å². The fraction of sp³-hybridized carbons (Fsp3) is 0.154.